The van der Waals surface area contributed by atoms with Crippen molar-refractivity contribution in [1.82, 2.24) is 4.90 Å². The van der Waals surface area contributed by atoms with E-state index in [9.17, 15) is 0 Å². The predicted molar refractivity (Wildman–Crippen MR) is 79.7 cm³/mol. The van der Waals surface area contributed by atoms with E-state index in [2.05, 4.69) is 56.9 Å². The zero-order valence-electron chi connectivity index (χ0n) is 12.3. The molecule has 2 N–H and O–H groups in total. The highest BCUT2D eigenvalue weighted by Crippen LogP contribution is 2.15. The lowest BCUT2D eigenvalue weighted by Crippen LogP contribution is -2.30. The van der Waals surface area contributed by atoms with Crippen molar-refractivity contribution in [3.05, 3.63) is 35.4 Å². The Labute approximate surface area is 112 Å². The molecule has 0 saturated heterocycles. The van der Waals surface area contributed by atoms with Crippen LogP contribution in [0.4, 0.5) is 0 Å². The summed E-state index contributed by atoms with van der Waals surface area (Å²) in [4.78, 5) is 2.48. The summed E-state index contributed by atoms with van der Waals surface area (Å²) in [5, 5.41) is 0. The van der Waals surface area contributed by atoms with E-state index in [4.69, 9.17) is 5.73 Å². The van der Waals surface area contributed by atoms with Crippen LogP contribution in [0.25, 0.3) is 0 Å². The number of nitrogens with zero attached hydrogens (tertiary/aromatic N) is 1. The maximum absolute atomic E-state index is 6.25. The summed E-state index contributed by atoms with van der Waals surface area (Å²) in [7, 11) is 0. The van der Waals surface area contributed by atoms with Crippen molar-refractivity contribution in [3.8, 4) is 0 Å². The Morgan fingerprint density at radius 1 is 1.17 bits per heavy atom. The van der Waals surface area contributed by atoms with Crippen LogP contribution in [0.2, 0.25) is 0 Å². The molecule has 0 saturated carbocycles. The van der Waals surface area contributed by atoms with Crippen LogP contribution in [0, 0.1) is 12.8 Å². The molecule has 18 heavy (non-hydrogen) atoms. The molecule has 1 unspecified atom stereocenters. The maximum Gasteiger partial charge on any atom is 0.0307 e. The van der Waals surface area contributed by atoms with Gasteiger partial charge in [-0.25, -0.2) is 0 Å². The Bertz CT molecular complexity index is 329. The van der Waals surface area contributed by atoms with Crippen LogP contribution in [0.5, 0.6) is 0 Å². The monoisotopic (exact) mass is 248 g/mol. The van der Waals surface area contributed by atoms with Gasteiger partial charge >= 0.3 is 0 Å². The second kappa shape index (κ2) is 7.55. The quantitative estimate of drug-likeness (QED) is 0.801. The van der Waals surface area contributed by atoms with E-state index in [1.54, 1.807) is 0 Å². The fourth-order valence-corrected chi connectivity index (χ4v) is 2.20. The van der Waals surface area contributed by atoms with E-state index in [0.717, 1.165) is 32.0 Å². The second-order valence-electron chi connectivity index (χ2n) is 5.59. The molecular weight excluding hydrogens is 220 g/mol. The van der Waals surface area contributed by atoms with E-state index in [1.165, 1.54) is 11.1 Å². The Balaban J connectivity index is 2.44. The molecule has 1 rings (SSSR count). The lowest BCUT2D eigenvalue weighted by atomic mass is 10.0. The highest BCUT2D eigenvalue weighted by molar-refractivity contribution is 5.23. The molecule has 0 amide bonds. The van der Waals surface area contributed by atoms with Gasteiger partial charge in [0.05, 0.1) is 0 Å². The number of aryl methyl sites for hydroxylation is 1. The van der Waals surface area contributed by atoms with Crippen LogP contribution in [0.3, 0.4) is 0 Å². The topological polar surface area (TPSA) is 29.3 Å². The summed E-state index contributed by atoms with van der Waals surface area (Å²) in [6.07, 6.45) is 1.03. The molecule has 0 bridgehead atoms. The van der Waals surface area contributed by atoms with Gasteiger partial charge in [0, 0.05) is 12.6 Å². The smallest absolute Gasteiger partial charge is 0.0307 e. The average molecular weight is 248 g/mol. The summed E-state index contributed by atoms with van der Waals surface area (Å²) in [6.45, 7) is 12.2. The first-order chi connectivity index (χ1) is 8.52. The molecule has 2 nitrogen and oxygen atoms in total. The Morgan fingerprint density at radius 2 is 1.78 bits per heavy atom. The predicted octanol–water partition coefficient (Wildman–Crippen LogP) is 3.36. The van der Waals surface area contributed by atoms with Crippen LogP contribution < -0.4 is 5.73 Å². The lowest BCUT2D eigenvalue weighted by molar-refractivity contribution is 0.247. The first-order valence-electron chi connectivity index (χ1n) is 7.07. The van der Waals surface area contributed by atoms with Crippen molar-refractivity contribution in [3.63, 3.8) is 0 Å². The molecule has 0 aliphatic heterocycles. The van der Waals surface area contributed by atoms with Gasteiger partial charge in [0.2, 0.25) is 0 Å². The van der Waals surface area contributed by atoms with Crippen molar-refractivity contribution in [2.24, 2.45) is 11.7 Å². The van der Waals surface area contributed by atoms with Crippen LogP contribution in [-0.2, 0) is 0 Å². The molecule has 0 fully saturated rings. The third-order valence-corrected chi connectivity index (χ3v) is 3.33. The van der Waals surface area contributed by atoms with E-state index < -0.39 is 0 Å². The summed E-state index contributed by atoms with van der Waals surface area (Å²) in [6, 6.07) is 8.74. The van der Waals surface area contributed by atoms with Gasteiger partial charge in [-0.15, -0.1) is 0 Å². The standard InChI is InChI=1S/C16H28N2/c1-5-18(12-13(2)3)11-10-16(17)15-8-6-14(4)7-9-15/h6-9,13,16H,5,10-12,17H2,1-4H3. The fraction of sp³-hybridized carbons (Fsp3) is 0.625. The zero-order chi connectivity index (χ0) is 13.5. The lowest BCUT2D eigenvalue weighted by Gasteiger charge is -2.24. The molecule has 0 aliphatic carbocycles. The maximum atomic E-state index is 6.25. The van der Waals surface area contributed by atoms with Gasteiger partial charge in [-0.05, 0) is 37.9 Å². The van der Waals surface area contributed by atoms with Gasteiger partial charge in [-0.3, -0.25) is 0 Å². The Hall–Kier alpha value is -0.860. The minimum absolute atomic E-state index is 0.159. The molecule has 2 heteroatoms. The zero-order valence-corrected chi connectivity index (χ0v) is 12.3. The first kappa shape index (κ1) is 15.2. The third kappa shape index (κ3) is 5.19. The molecule has 0 spiro atoms. The highest BCUT2D eigenvalue weighted by Gasteiger charge is 2.09. The SMILES string of the molecule is CCN(CCC(N)c1ccc(C)cc1)CC(C)C. The first-order valence-corrected chi connectivity index (χ1v) is 7.07. The van der Waals surface area contributed by atoms with E-state index in [-0.39, 0.29) is 6.04 Å². The molecule has 1 atom stereocenters. The normalized spacial score (nSPS) is 13.3. The molecule has 0 aliphatic rings. The second-order valence-corrected chi connectivity index (χ2v) is 5.59. The fourth-order valence-electron chi connectivity index (χ4n) is 2.20. The van der Waals surface area contributed by atoms with Gasteiger partial charge in [-0.1, -0.05) is 50.6 Å². The summed E-state index contributed by atoms with van der Waals surface area (Å²) in [5.41, 5.74) is 8.80. The Morgan fingerprint density at radius 3 is 2.28 bits per heavy atom. The van der Waals surface area contributed by atoms with Gasteiger partial charge in [0.25, 0.3) is 0 Å². The van der Waals surface area contributed by atoms with Crippen LogP contribution in [0.1, 0.15) is 44.4 Å². The average Bonchev–Trinajstić information content (AvgIpc) is 2.34. The third-order valence-electron chi connectivity index (χ3n) is 3.33. The van der Waals surface area contributed by atoms with Crippen molar-refractivity contribution < 1.29 is 0 Å². The Kier molecular flexibility index (Phi) is 6.37. The van der Waals surface area contributed by atoms with Crippen molar-refractivity contribution in [2.45, 2.75) is 40.2 Å². The number of nitrogens with two attached hydrogens (primary N) is 1. The summed E-state index contributed by atoms with van der Waals surface area (Å²) >= 11 is 0. The molecular formula is C16H28N2. The molecule has 0 heterocycles. The molecule has 0 radical (unpaired) electrons. The number of hydrogen-bond donors (Lipinski definition) is 1. The van der Waals surface area contributed by atoms with Crippen molar-refractivity contribution >= 4 is 0 Å². The van der Waals surface area contributed by atoms with E-state index in [1.807, 2.05) is 0 Å². The molecule has 1 aromatic carbocycles. The largest absolute Gasteiger partial charge is 0.324 e. The summed E-state index contributed by atoms with van der Waals surface area (Å²) < 4.78 is 0. The molecule has 102 valence electrons. The molecule has 1 aromatic rings. The van der Waals surface area contributed by atoms with Gasteiger partial charge in [0.15, 0.2) is 0 Å². The van der Waals surface area contributed by atoms with Gasteiger partial charge < -0.3 is 10.6 Å². The van der Waals surface area contributed by atoms with Crippen molar-refractivity contribution in [2.75, 3.05) is 19.6 Å². The minimum atomic E-state index is 0.159. The van der Waals surface area contributed by atoms with Crippen LogP contribution in [0.15, 0.2) is 24.3 Å². The van der Waals surface area contributed by atoms with Gasteiger partial charge in [0.1, 0.15) is 0 Å². The molecule has 0 aromatic heterocycles. The van der Waals surface area contributed by atoms with Crippen LogP contribution in [-0.4, -0.2) is 24.5 Å². The van der Waals surface area contributed by atoms with Crippen molar-refractivity contribution in [1.29, 1.82) is 0 Å². The minimum Gasteiger partial charge on any atom is -0.324 e. The number of benzene rings is 1. The number of rotatable bonds is 7. The van der Waals surface area contributed by atoms with Gasteiger partial charge in [-0.2, -0.15) is 0 Å². The number of hydrogen-bond acceptors (Lipinski definition) is 2. The summed E-state index contributed by atoms with van der Waals surface area (Å²) in [5.74, 6) is 0.723. The van der Waals surface area contributed by atoms with Crippen LogP contribution >= 0.6 is 0 Å². The van der Waals surface area contributed by atoms with E-state index in [0.29, 0.717) is 0 Å². The highest BCUT2D eigenvalue weighted by atomic mass is 15.1. The van der Waals surface area contributed by atoms with E-state index >= 15 is 0 Å².